The molecule has 1 aromatic carbocycles. The van der Waals surface area contributed by atoms with Crippen LogP contribution in [-0.4, -0.2) is 21.3 Å². The molecule has 2 aromatic rings. The van der Waals surface area contributed by atoms with Crippen molar-refractivity contribution in [3.05, 3.63) is 47.3 Å². The fourth-order valence-electron chi connectivity index (χ4n) is 2.08. The van der Waals surface area contributed by atoms with Crippen molar-refractivity contribution >= 4 is 5.91 Å². The molecule has 1 heterocycles. The van der Waals surface area contributed by atoms with Gasteiger partial charge in [-0.05, 0) is 30.4 Å². The van der Waals surface area contributed by atoms with Gasteiger partial charge in [-0.25, -0.2) is 0 Å². The number of carbonyl (C=O) groups is 1. The van der Waals surface area contributed by atoms with Crippen LogP contribution in [0.5, 0.6) is 0 Å². The smallest absolute Gasteiger partial charge is 0.273 e. The van der Waals surface area contributed by atoms with Gasteiger partial charge in [0.15, 0.2) is 5.69 Å². The molecular weight excluding hydrogens is 252 g/mol. The van der Waals surface area contributed by atoms with E-state index in [4.69, 9.17) is 0 Å². The van der Waals surface area contributed by atoms with E-state index in [1.54, 1.807) is 0 Å². The lowest BCUT2D eigenvalue weighted by Gasteiger charge is -2.14. The van der Waals surface area contributed by atoms with Gasteiger partial charge in [-0.2, -0.15) is 15.4 Å². The van der Waals surface area contributed by atoms with E-state index in [-0.39, 0.29) is 11.9 Å². The molecular formula is C15H20N4O. The Morgan fingerprint density at radius 1 is 1.25 bits per heavy atom. The molecule has 0 aliphatic carbocycles. The molecule has 0 bridgehead atoms. The van der Waals surface area contributed by atoms with E-state index in [0.717, 1.165) is 12.0 Å². The van der Waals surface area contributed by atoms with Gasteiger partial charge < -0.3 is 5.32 Å². The Kier molecular flexibility index (Phi) is 4.50. The molecule has 0 spiro atoms. The molecule has 2 rings (SSSR count). The number of hydrogen-bond acceptors (Lipinski definition) is 3. The zero-order chi connectivity index (χ0) is 14.5. The van der Waals surface area contributed by atoms with Gasteiger partial charge in [0.1, 0.15) is 0 Å². The third kappa shape index (κ3) is 3.66. The van der Waals surface area contributed by atoms with E-state index in [9.17, 15) is 4.79 Å². The Morgan fingerprint density at radius 3 is 2.50 bits per heavy atom. The number of H-pyrrole nitrogens is 1. The summed E-state index contributed by atoms with van der Waals surface area (Å²) in [7, 11) is 0. The molecule has 2 N–H and O–H groups in total. The van der Waals surface area contributed by atoms with Crippen LogP contribution in [0, 0.1) is 5.92 Å². The second-order valence-corrected chi connectivity index (χ2v) is 5.39. The second kappa shape index (κ2) is 6.32. The van der Waals surface area contributed by atoms with E-state index in [0.29, 0.717) is 11.6 Å². The minimum absolute atomic E-state index is 0.0627. The van der Waals surface area contributed by atoms with Gasteiger partial charge in [0.25, 0.3) is 5.91 Å². The van der Waals surface area contributed by atoms with Crippen molar-refractivity contribution in [1.82, 2.24) is 20.7 Å². The first-order chi connectivity index (χ1) is 9.56. The van der Waals surface area contributed by atoms with Crippen molar-refractivity contribution in [2.45, 2.75) is 33.2 Å². The van der Waals surface area contributed by atoms with Crippen LogP contribution in [0.4, 0.5) is 0 Å². The average Bonchev–Trinajstić information content (AvgIpc) is 2.92. The third-order valence-corrected chi connectivity index (χ3v) is 3.12. The highest BCUT2D eigenvalue weighted by atomic mass is 16.2. The van der Waals surface area contributed by atoms with Crippen molar-refractivity contribution in [3.8, 4) is 0 Å². The van der Waals surface area contributed by atoms with Crippen molar-refractivity contribution in [2.24, 2.45) is 5.92 Å². The molecule has 0 fully saturated rings. The Bertz CT molecular complexity index is 546. The lowest BCUT2D eigenvalue weighted by molar-refractivity contribution is 0.0935. The Balaban J connectivity index is 1.98. The Labute approximate surface area is 118 Å². The Morgan fingerprint density at radius 2 is 1.95 bits per heavy atom. The predicted molar refractivity (Wildman–Crippen MR) is 77.2 cm³/mol. The molecule has 0 radical (unpaired) electrons. The van der Waals surface area contributed by atoms with Gasteiger partial charge >= 0.3 is 0 Å². The van der Waals surface area contributed by atoms with Gasteiger partial charge in [-0.1, -0.05) is 38.1 Å². The molecule has 0 aliphatic heterocycles. The van der Waals surface area contributed by atoms with E-state index < -0.39 is 0 Å². The topological polar surface area (TPSA) is 70.7 Å². The first kappa shape index (κ1) is 14.2. The maximum absolute atomic E-state index is 11.9. The van der Waals surface area contributed by atoms with Crippen LogP contribution in [0.3, 0.4) is 0 Å². The SMILES string of the molecule is CC(C)Cc1ccc(C(C)NC(=O)c2cn[nH]n2)cc1. The fourth-order valence-corrected chi connectivity index (χ4v) is 2.08. The zero-order valence-corrected chi connectivity index (χ0v) is 12.1. The number of aromatic amines is 1. The molecule has 0 saturated carbocycles. The summed E-state index contributed by atoms with van der Waals surface area (Å²) < 4.78 is 0. The molecule has 20 heavy (non-hydrogen) atoms. The summed E-state index contributed by atoms with van der Waals surface area (Å²) in [5, 5.41) is 12.7. The number of benzene rings is 1. The predicted octanol–water partition coefficient (Wildman–Crippen LogP) is 2.49. The number of rotatable bonds is 5. The minimum Gasteiger partial charge on any atom is -0.344 e. The van der Waals surface area contributed by atoms with E-state index >= 15 is 0 Å². The van der Waals surface area contributed by atoms with Crippen LogP contribution in [0.15, 0.2) is 30.5 Å². The molecule has 1 amide bonds. The monoisotopic (exact) mass is 272 g/mol. The molecule has 1 atom stereocenters. The maximum atomic E-state index is 11.9. The van der Waals surface area contributed by atoms with Crippen molar-refractivity contribution in [2.75, 3.05) is 0 Å². The maximum Gasteiger partial charge on any atom is 0.273 e. The largest absolute Gasteiger partial charge is 0.344 e. The quantitative estimate of drug-likeness (QED) is 0.878. The Hall–Kier alpha value is -2.17. The van der Waals surface area contributed by atoms with E-state index in [2.05, 4.69) is 58.8 Å². The van der Waals surface area contributed by atoms with Crippen LogP contribution < -0.4 is 5.32 Å². The highest BCUT2D eigenvalue weighted by molar-refractivity contribution is 5.92. The first-order valence-electron chi connectivity index (χ1n) is 6.81. The van der Waals surface area contributed by atoms with Crippen LogP contribution in [0.1, 0.15) is 48.4 Å². The lowest BCUT2D eigenvalue weighted by atomic mass is 10.00. The highest BCUT2D eigenvalue weighted by Gasteiger charge is 2.13. The lowest BCUT2D eigenvalue weighted by Crippen LogP contribution is -2.26. The summed E-state index contributed by atoms with van der Waals surface area (Å²) >= 11 is 0. The van der Waals surface area contributed by atoms with Gasteiger partial charge in [0, 0.05) is 0 Å². The van der Waals surface area contributed by atoms with Crippen LogP contribution >= 0.6 is 0 Å². The minimum atomic E-state index is -0.225. The second-order valence-electron chi connectivity index (χ2n) is 5.39. The van der Waals surface area contributed by atoms with E-state index in [1.807, 2.05) is 6.92 Å². The number of amides is 1. The fraction of sp³-hybridized carbons (Fsp3) is 0.400. The molecule has 0 saturated heterocycles. The molecule has 1 aromatic heterocycles. The molecule has 0 aliphatic rings. The van der Waals surface area contributed by atoms with Crippen molar-refractivity contribution in [3.63, 3.8) is 0 Å². The summed E-state index contributed by atoms with van der Waals surface area (Å²) in [5.41, 5.74) is 2.70. The highest BCUT2D eigenvalue weighted by Crippen LogP contribution is 2.15. The first-order valence-corrected chi connectivity index (χ1v) is 6.81. The number of nitrogens with one attached hydrogen (secondary N) is 2. The van der Waals surface area contributed by atoms with Gasteiger partial charge in [-0.3, -0.25) is 4.79 Å². The summed E-state index contributed by atoms with van der Waals surface area (Å²) in [6, 6.07) is 8.30. The van der Waals surface area contributed by atoms with Gasteiger partial charge in [0.05, 0.1) is 12.2 Å². The average molecular weight is 272 g/mol. The zero-order valence-electron chi connectivity index (χ0n) is 12.1. The van der Waals surface area contributed by atoms with Gasteiger partial charge in [-0.15, -0.1) is 0 Å². The summed E-state index contributed by atoms with van der Waals surface area (Å²) in [4.78, 5) is 11.9. The van der Waals surface area contributed by atoms with Crippen LogP contribution in [-0.2, 0) is 6.42 Å². The molecule has 5 nitrogen and oxygen atoms in total. The summed E-state index contributed by atoms with van der Waals surface area (Å²) in [6.07, 6.45) is 2.48. The number of aromatic nitrogens is 3. The van der Waals surface area contributed by atoms with E-state index in [1.165, 1.54) is 11.8 Å². The number of hydrogen-bond donors (Lipinski definition) is 2. The number of nitrogens with zero attached hydrogens (tertiary/aromatic N) is 2. The third-order valence-electron chi connectivity index (χ3n) is 3.12. The van der Waals surface area contributed by atoms with Gasteiger partial charge in [0.2, 0.25) is 0 Å². The van der Waals surface area contributed by atoms with Crippen LogP contribution in [0.25, 0.3) is 0 Å². The summed E-state index contributed by atoms with van der Waals surface area (Å²) in [6.45, 7) is 6.36. The standard InChI is InChI=1S/C15H20N4O/c1-10(2)8-12-4-6-13(7-5-12)11(3)17-15(20)14-9-16-19-18-14/h4-7,9-11H,8H2,1-3H3,(H,17,20)(H,16,18,19). The van der Waals surface area contributed by atoms with Crippen molar-refractivity contribution < 1.29 is 4.79 Å². The number of carbonyl (C=O) groups excluding carboxylic acids is 1. The molecule has 1 unspecified atom stereocenters. The molecule has 106 valence electrons. The molecule has 5 heteroatoms. The van der Waals surface area contributed by atoms with Crippen molar-refractivity contribution in [1.29, 1.82) is 0 Å². The summed E-state index contributed by atoms with van der Waals surface area (Å²) in [5.74, 6) is 0.419. The normalized spacial score (nSPS) is 12.4. The van der Waals surface area contributed by atoms with Crippen LogP contribution in [0.2, 0.25) is 0 Å².